The minimum absolute atomic E-state index is 0.182. The van der Waals surface area contributed by atoms with Gasteiger partial charge >= 0.3 is 0 Å². The number of nitrogens with two attached hydrogens (primary N) is 2. The van der Waals surface area contributed by atoms with E-state index in [1.807, 2.05) is 0 Å². The second-order valence-electron chi connectivity index (χ2n) is 4.50. The summed E-state index contributed by atoms with van der Waals surface area (Å²) in [5.41, 5.74) is 12.6. The largest absolute Gasteiger partial charge is 0.368 e. The van der Waals surface area contributed by atoms with Gasteiger partial charge in [-0.1, -0.05) is 6.42 Å². The van der Waals surface area contributed by atoms with Crippen molar-refractivity contribution in [3.63, 3.8) is 0 Å². The average Bonchev–Trinajstić information content (AvgIpc) is 2.60. The Balaban J connectivity index is 2.01. The van der Waals surface area contributed by atoms with Crippen molar-refractivity contribution < 1.29 is 0 Å². The van der Waals surface area contributed by atoms with E-state index in [-0.39, 0.29) is 11.9 Å². The number of nitrogens with zero attached hydrogens (tertiary/aromatic N) is 3. The first-order valence-corrected chi connectivity index (χ1v) is 6.93. The Labute approximate surface area is 109 Å². The van der Waals surface area contributed by atoms with E-state index in [1.54, 1.807) is 11.3 Å². The van der Waals surface area contributed by atoms with E-state index in [1.165, 1.54) is 29.7 Å². The van der Waals surface area contributed by atoms with Crippen LogP contribution in [0.4, 0.5) is 11.9 Å². The molecule has 5 nitrogen and oxygen atoms in total. The average molecular weight is 261 g/mol. The topological polar surface area (TPSA) is 90.7 Å². The lowest BCUT2D eigenvalue weighted by Gasteiger charge is -1.99. The smallest absolute Gasteiger partial charge is 0.225 e. The maximum absolute atomic E-state index is 5.61. The van der Waals surface area contributed by atoms with E-state index in [0.29, 0.717) is 5.82 Å². The third kappa shape index (κ3) is 2.15. The van der Waals surface area contributed by atoms with Crippen LogP contribution >= 0.6 is 11.3 Å². The molecule has 2 aromatic heterocycles. The SMILES string of the molecule is Nc1nc(N)nc(-c2cc3c(s2)CCCCC3)n1. The standard InChI is InChI=1S/C12H15N5S/c13-11-15-10(16-12(14)17-11)9-6-7-4-2-1-3-5-8(7)18-9/h6H,1-5H2,(H4,13,14,15,16,17). The molecule has 1 aliphatic rings. The number of rotatable bonds is 1. The Morgan fingerprint density at radius 1 is 0.944 bits per heavy atom. The number of fused-ring (bicyclic) bond motifs is 1. The van der Waals surface area contributed by atoms with Gasteiger partial charge in [-0.25, -0.2) is 0 Å². The normalized spacial score (nSPS) is 15.1. The third-order valence-electron chi connectivity index (χ3n) is 3.14. The molecule has 0 amide bonds. The highest BCUT2D eigenvalue weighted by molar-refractivity contribution is 7.15. The molecule has 2 heterocycles. The molecular weight excluding hydrogens is 246 g/mol. The van der Waals surface area contributed by atoms with Gasteiger partial charge in [0.1, 0.15) is 0 Å². The number of hydrogen-bond acceptors (Lipinski definition) is 6. The van der Waals surface area contributed by atoms with Gasteiger partial charge in [0.05, 0.1) is 4.88 Å². The van der Waals surface area contributed by atoms with Gasteiger partial charge in [-0.3, -0.25) is 0 Å². The van der Waals surface area contributed by atoms with Gasteiger partial charge in [0, 0.05) is 4.88 Å². The third-order valence-corrected chi connectivity index (χ3v) is 4.37. The van der Waals surface area contributed by atoms with Gasteiger partial charge in [-0.15, -0.1) is 11.3 Å². The maximum Gasteiger partial charge on any atom is 0.225 e. The van der Waals surface area contributed by atoms with Gasteiger partial charge in [0.25, 0.3) is 0 Å². The lowest BCUT2D eigenvalue weighted by Crippen LogP contribution is -2.03. The van der Waals surface area contributed by atoms with Gasteiger partial charge in [-0.2, -0.15) is 15.0 Å². The molecule has 0 fully saturated rings. The van der Waals surface area contributed by atoms with E-state index in [9.17, 15) is 0 Å². The maximum atomic E-state index is 5.61. The molecule has 18 heavy (non-hydrogen) atoms. The Bertz CT molecular complexity index is 534. The Morgan fingerprint density at radius 2 is 1.67 bits per heavy atom. The first kappa shape index (κ1) is 11.4. The summed E-state index contributed by atoms with van der Waals surface area (Å²) in [7, 11) is 0. The monoisotopic (exact) mass is 261 g/mol. The van der Waals surface area contributed by atoms with Crippen LogP contribution in [-0.4, -0.2) is 15.0 Å². The summed E-state index contributed by atoms with van der Waals surface area (Å²) in [6, 6.07) is 2.18. The van der Waals surface area contributed by atoms with Crippen molar-refractivity contribution in [2.24, 2.45) is 0 Å². The van der Waals surface area contributed by atoms with Gasteiger partial charge in [0.2, 0.25) is 11.9 Å². The Hall–Kier alpha value is -1.69. The lowest BCUT2D eigenvalue weighted by molar-refractivity contribution is 0.712. The van der Waals surface area contributed by atoms with E-state index in [4.69, 9.17) is 11.5 Å². The molecule has 0 saturated heterocycles. The van der Waals surface area contributed by atoms with E-state index < -0.39 is 0 Å². The number of thiophene rings is 1. The van der Waals surface area contributed by atoms with E-state index >= 15 is 0 Å². The second kappa shape index (κ2) is 4.53. The number of nitrogen functional groups attached to an aromatic ring is 2. The molecule has 0 bridgehead atoms. The predicted molar refractivity (Wildman–Crippen MR) is 73.2 cm³/mol. The van der Waals surface area contributed by atoms with Crippen LogP contribution in [0.3, 0.4) is 0 Å². The molecule has 3 rings (SSSR count). The summed E-state index contributed by atoms with van der Waals surface area (Å²) in [6.45, 7) is 0. The number of anilines is 2. The van der Waals surface area contributed by atoms with Crippen LogP contribution in [-0.2, 0) is 12.8 Å². The van der Waals surface area contributed by atoms with Crippen LogP contribution in [0.25, 0.3) is 10.7 Å². The number of hydrogen-bond donors (Lipinski definition) is 2. The Kier molecular flexibility index (Phi) is 2.87. The molecule has 0 saturated carbocycles. The van der Waals surface area contributed by atoms with Crippen molar-refractivity contribution in [3.8, 4) is 10.7 Å². The van der Waals surface area contributed by atoms with E-state index in [2.05, 4.69) is 21.0 Å². The summed E-state index contributed by atoms with van der Waals surface area (Å²) >= 11 is 1.76. The molecule has 0 aliphatic heterocycles. The summed E-state index contributed by atoms with van der Waals surface area (Å²) < 4.78 is 0. The fourth-order valence-corrected chi connectivity index (χ4v) is 3.48. The van der Waals surface area contributed by atoms with Gasteiger partial charge in [-0.05, 0) is 37.3 Å². The summed E-state index contributed by atoms with van der Waals surface area (Å²) in [4.78, 5) is 14.6. The highest BCUT2D eigenvalue weighted by atomic mass is 32.1. The van der Waals surface area contributed by atoms with E-state index in [0.717, 1.165) is 17.7 Å². The van der Waals surface area contributed by atoms with Crippen molar-refractivity contribution in [2.45, 2.75) is 32.1 Å². The lowest BCUT2D eigenvalue weighted by atomic mass is 10.1. The summed E-state index contributed by atoms with van der Waals surface area (Å²) in [5.74, 6) is 0.959. The minimum atomic E-state index is 0.182. The molecule has 0 unspecified atom stereocenters. The van der Waals surface area contributed by atoms with Crippen LogP contribution in [0.1, 0.15) is 29.7 Å². The van der Waals surface area contributed by atoms with Crippen LogP contribution < -0.4 is 11.5 Å². The van der Waals surface area contributed by atoms with Crippen molar-refractivity contribution >= 4 is 23.2 Å². The van der Waals surface area contributed by atoms with Crippen molar-refractivity contribution in [3.05, 3.63) is 16.5 Å². The molecule has 2 aromatic rings. The summed E-state index contributed by atoms with van der Waals surface area (Å²) in [5, 5.41) is 0. The van der Waals surface area contributed by atoms with Crippen LogP contribution in [0, 0.1) is 0 Å². The van der Waals surface area contributed by atoms with Crippen molar-refractivity contribution in [2.75, 3.05) is 11.5 Å². The van der Waals surface area contributed by atoms with Crippen LogP contribution in [0.15, 0.2) is 6.07 Å². The molecule has 0 atom stereocenters. The van der Waals surface area contributed by atoms with Crippen LogP contribution in [0.2, 0.25) is 0 Å². The van der Waals surface area contributed by atoms with Crippen molar-refractivity contribution in [1.29, 1.82) is 0 Å². The van der Waals surface area contributed by atoms with Crippen molar-refractivity contribution in [1.82, 2.24) is 15.0 Å². The fourth-order valence-electron chi connectivity index (χ4n) is 2.30. The second-order valence-corrected chi connectivity index (χ2v) is 5.63. The molecule has 0 radical (unpaired) electrons. The predicted octanol–water partition coefficient (Wildman–Crippen LogP) is 2.03. The fraction of sp³-hybridized carbons (Fsp3) is 0.417. The molecule has 0 aromatic carbocycles. The molecule has 6 heteroatoms. The number of aromatic nitrogens is 3. The molecule has 0 spiro atoms. The van der Waals surface area contributed by atoms with Gasteiger partial charge < -0.3 is 11.5 Å². The zero-order valence-electron chi connectivity index (χ0n) is 10.0. The quantitative estimate of drug-likeness (QED) is 0.766. The molecular formula is C12H15N5S. The van der Waals surface area contributed by atoms with Crippen LogP contribution in [0.5, 0.6) is 0 Å². The molecule has 4 N–H and O–H groups in total. The minimum Gasteiger partial charge on any atom is -0.368 e. The first-order chi connectivity index (χ1) is 8.72. The zero-order valence-corrected chi connectivity index (χ0v) is 10.8. The highest BCUT2D eigenvalue weighted by Gasteiger charge is 2.15. The first-order valence-electron chi connectivity index (χ1n) is 6.11. The van der Waals surface area contributed by atoms with Gasteiger partial charge in [0.15, 0.2) is 5.82 Å². The molecule has 94 valence electrons. The highest BCUT2D eigenvalue weighted by Crippen LogP contribution is 2.33. The summed E-state index contributed by atoms with van der Waals surface area (Å²) in [6.07, 6.45) is 6.18. The Morgan fingerprint density at radius 3 is 2.44 bits per heavy atom. The number of aryl methyl sites for hydroxylation is 2. The molecule has 1 aliphatic carbocycles. The zero-order chi connectivity index (χ0) is 12.5.